The third kappa shape index (κ3) is 2.34. The Kier molecular flexibility index (Phi) is 3.11. The number of phenols is 1. The van der Waals surface area contributed by atoms with Crippen LogP contribution in [0.2, 0.25) is 0 Å². The molecule has 0 saturated carbocycles. The van der Waals surface area contributed by atoms with Crippen molar-refractivity contribution in [3.63, 3.8) is 0 Å². The lowest BCUT2D eigenvalue weighted by Crippen LogP contribution is -2.11. The standard InChI is InChI=1S/C9H13NO3/c1-2-3-7-4-5-9(11)8(6-7)10(12)13/h4-6,11-13H,2-3H2,1H3. The molecule has 0 amide bonds. The summed E-state index contributed by atoms with van der Waals surface area (Å²) in [6.07, 6.45) is 1.82. The predicted molar refractivity (Wildman–Crippen MR) is 48.2 cm³/mol. The van der Waals surface area contributed by atoms with Gasteiger partial charge in [-0.15, -0.1) is 5.23 Å². The van der Waals surface area contributed by atoms with Crippen molar-refractivity contribution >= 4 is 5.69 Å². The zero-order valence-electron chi connectivity index (χ0n) is 7.44. The Morgan fingerprint density at radius 1 is 1.31 bits per heavy atom. The van der Waals surface area contributed by atoms with Gasteiger partial charge in [-0.3, -0.25) is 10.4 Å². The fourth-order valence-corrected chi connectivity index (χ4v) is 1.17. The molecule has 0 saturated heterocycles. The van der Waals surface area contributed by atoms with E-state index in [0.717, 1.165) is 18.4 Å². The van der Waals surface area contributed by atoms with E-state index in [1.165, 1.54) is 6.07 Å². The first-order valence-electron chi connectivity index (χ1n) is 4.15. The van der Waals surface area contributed by atoms with Gasteiger partial charge in [-0.25, -0.2) is 0 Å². The number of rotatable bonds is 3. The van der Waals surface area contributed by atoms with E-state index in [1.54, 1.807) is 12.1 Å². The van der Waals surface area contributed by atoms with Crippen LogP contribution in [0, 0.1) is 0 Å². The van der Waals surface area contributed by atoms with Crippen LogP contribution in [0.5, 0.6) is 5.75 Å². The van der Waals surface area contributed by atoms with Gasteiger partial charge in [-0.05, 0) is 24.1 Å². The molecule has 13 heavy (non-hydrogen) atoms. The molecule has 0 bridgehead atoms. The molecule has 4 nitrogen and oxygen atoms in total. The summed E-state index contributed by atoms with van der Waals surface area (Å²) in [6.45, 7) is 2.03. The highest BCUT2D eigenvalue weighted by molar-refractivity contribution is 5.55. The molecular formula is C9H13NO3. The van der Waals surface area contributed by atoms with Crippen molar-refractivity contribution in [2.24, 2.45) is 0 Å². The third-order valence-corrected chi connectivity index (χ3v) is 1.79. The molecule has 4 heteroatoms. The number of nitrogens with zero attached hydrogens (tertiary/aromatic N) is 1. The van der Waals surface area contributed by atoms with Gasteiger partial charge in [0.2, 0.25) is 0 Å². The number of hydrogen-bond acceptors (Lipinski definition) is 4. The van der Waals surface area contributed by atoms with Crippen molar-refractivity contribution in [2.45, 2.75) is 19.8 Å². The van der Waals surface area contributed by atoms with Crippen molar-refractivity contribution < 1.29 is 15.5 Å². The third-order valence-electron chi connectivity index (χ3n) is 1.79. The number of aryl methyl sites for hydroxylation is 1. The number of hydrogen-bond donors (Lipinski definition) is 3. The van der Waals surface area contributed by atoms with Crippen LogP contribution in [-0.2, 0) is 6.42 Å². The van der Waals surface area contributed by atoms with Crippen molar-refractivity contribution in [3.8, 4) is 5.75 Å². The van der Waals surface area contributed by atoms with Crippen LogP contribution in [0.15, 0.2) is 18.2 Å². The molecule has 0 spiro atoms. The summed E-state index contributed by atoms with van der Waals surface area (Å²) in [4.78, 5) is 0. The molecule has 0 atom stereocenters. The molecule has 3 N–H and O–H groups in total. The van der Waals surface area contributed by atoms with Crippen molar-refractivity contribution in [3.05, 3.63) is 23.8 Å². The maximum absolute atomic E-state index is 9.21. The van der Waals surface area contributed by atoms with Crippen LogP contribution in [0.1, 0.15) is 18.9 Å². The number of aromatic hydroxyl groups is 1. The van der Waals surface area contributed by atoms with Crippen molar-refractivity contribution in [2.75, 3.05) is 5.23 Å². The smallest absolute Gasteiger partial charge is 0.143 e. The highest BCUT2D eigenvalue weighted by Gasteiger charge is 2.06. The lowest BCUT2D eigenvalue weighted by molar-refractivity contribution is 0.0279. The van der Waals surface area contributed by atoms with E-state index in [1.807, 2.05) is 6.92 Å². The Hall–Kier alpha value is -1.26. The maximum Gasteiger partial charge on any atom is 0.143 e. The summed E-state index contributed by atoms with van der Waals surface area (Å²) in [7, 11) is 0. The number of benzene rings is 1. The summed E-state index contributed by atoms with van der Waals surface area (Å²) < 4.78 is 0. The van der Waals surface area contributed by atoms with Gasteiger partial charge in [0.05, 0.1) is 0 Å². The molecule has 0 unspecified atom stereocenters. The highest BCUT2D eigenvalue weighted by Crippen LogP contribution is 2.26. The molecule has 0 heterocycles. The van der Waals surface area contributed by atoms with Crippen molar-refractivity contribution in [1.82, 2.24) is 0 Å². The minimum Gasteiger partial charge on any atom is -0.506 e. The second-order valence-corrected chi connectivity index (χ2v) is 2.86. The van der Waals surface area contributed by atoms with Gasteiger partial charge in [-0.2, -0.15) is 0 Å². The maximum atomic E-state index is 9.21. The van der Waals surface area contributed by atoms with Gasteiger partial charge in [-0.1, -0.05) is 19.4 Å². The summed E-state index contributed by atoms with van der Waals surface area (Å²) in [5.74, 6) is -0.148. The molecule has 72 valence electrons. The SMILES string of the molecule is CCCc1ccc(O)c(N(O)O)c1. The molecule has 0 aliphatic carbocycles. The van der Waals surface area contributed by atoms with Crippen LogP contribution in [0.4, 0.5) is 5.69 Å². The fourth-order valence-electron chi connectivity index (χ4n) is 1.17. The normalized spacial score (nSPS) is 10.1. The van der Waals surface area contributed by atoms with Gasteiger partial charge in [0, 0.05) is 0 Å². The van der Waals surface area contributed by atoms with Crippen molar-refractivity contribution in [1.29, 1.82) is 0 Å². The van der Waals surface area contributed by atoms with Crippen LogP contribution in [0.25, 0.3) is 0 Å². The van der Waals surface area contributed by atoms with E-state index in [0.29, 0.717) is 0 Å². The molecule has 1 aromatic rings. The molecular weight excluding hydrogens is 170 g/mol. The molecule has 0 aliphatic heterocycles. The fraction of sp³-hybridized carbons (Fsp3) is 0.333. The monoisotopic (exact) mass is 183 g/mol. The Labute approximate surface area is 76.6 Å². The summed E-state index contributed by atoms with van der Waals surface area (Å²) in [5.41, 5.74) is 0.967. The largest absolute Gasteiger partial charge is 0.506 e. The zero-order valence-corrected chi connectivity index (χ0v) is 7.44. The Bertz CT molecular complexity index is 286. The van der Waals surface area contributed by atoms with Crippen LogP contribution in [0.3, 0.4) is 0 Å². The first-order chi connectivity index (χ1) is 6.15. The van der Waals surface area contributed by atoms with Crippen LogP contribution in [-0.4, -0.2) is 15.5 Å². The molecule has 0 aliphatic rings. The first-order valence-corrected chi connectivity index (χ1v) is 4.15. The van der Waals surface area contributed by atoms with E-state index >= 15 is 0 Å². The molecule has 0 aromatic heterocycles. The zero-order chi connectivity index (χ0) is 9.84. The number of phenolic OH excluding ortho intramolecular Hbond substituents is 1. The van der Waals surface area contributed by atoms with E-state index in [-0.39, 0.29) is 16.7 Å². The summed E-state index contributed by atoms with van der Waals surface area (Å²) in [6, 6.07) is 4.74. The minimum absolute atomic E-state index is 0.00551. The number of anilines is 1. The summed E-state index contributed by atoms with van der Waals surface area (Å²) >= 11 is 0. The van der Waals surface area contributed by atoms with Crippen LogP contribution >= 0.6 is 0 Å². The molecule has 1 rings (SSSR count). The van der Waals surface area contributed by atoms with Gasteiger partial charge < -0.3 is 5.11 Å². The Balaban J connectivity index is 2.97. The summed E-state index contributed by atoms with van der Waals surface area (Å²) in [5, 5.41) is 26.6. The van der Waals surface area contributed by atoms with Gasteiger partial charge >= 0.3 is 0 Å². The van der Waals surface area contributed by atoms with E-state index in [2.05, 4.69) is 0 Å². The van der Waals surface area contributed by atoms with E-state index in [4.69, 9.17) is 10.4 Å². The van der Waals surface area contributed by atoms with Crippen LogP contribution < -0.4 is 5.23 Å². The van der Waals surface area contributed by atoms with E-state index < -0.39 is 0 Å². The molecule has 0 fully saturated rings. The molecule has 0 radical (unpaired) electrons. The Morgan fingerprint density at radius 2 is 2.00 bits per heavy atom. The topological polar surface area (TPSA) is 63.9 Å². The second kappa shape index (κ2) is 4.11. The average molecular weight is 183 g/mol. The minimum atomic E-state index is -0.148. The predicted octanol–water partition coefficient (Wildman–Crippen LogP) is 1.93. The van der Waals surface area contributed by atoms with Gasteiger partial charge in [0.1, 0.15) is 11.4 Å². The Morgan fingerprint density at radius 3 is 2.54 bits per heavy atom. The second-order valence-electron chi connectivity index (χ2n) is 2.86. The van der Waals surface area contributed by atoms with Gasteiger partial charge in [0.25, 0.3) is 0 Å². The van der Waals surface area contributed by atoms with Gasteiger partial charge in [0.15, 0.2) is 0 Å². The lowest BCUT2D eigenvalue weighted by Gasteiger charge is -2.11. The van der Waals surface area contributed by atoms with E-state index in [9.17, 15) is 5.11 Å². The highest BCUT2D eigenvalue weighted by atomic mass is 16.8. The molecule has 1 aromatic carbocycles. The first kappa shape index (κ1) is 9.83. The lowest BCUT2D eigenvalue weighted by atomic mass is 10.1. The quantitative estimate of drug-likeness (QED) is 0.626. The average Bonchev–Trinajstić information content (AvgIpc) is 2.08.